The number of carboxylic acid groups (broad SMARTS) is 1. The summed E-state index contributed by atoms with van der Waals surface area (Å²) < 4.78 is 0. The maximum atomic E-state index is 10.4. The quantitative estimate of drug-likeness (QED) is 0.593. The van der Waals surface area contributed by atoms with Gasteiger partial charge in [0.15, 0.2) is 0 Å². The lowest BCUT2D eigenvalue weighted by Gasteiger charge is -2.18. The number of aliphatic carboxylic acids is 1. The van der Waals surface area contributed by atoms with Crippen LogP contribution in [0.5, 0.6) is 0 Å². The fourth-order valence-electron chi connectivity index (χ4n) is 1.33. The molecule has 0 aromatic heterocycles. The predicted octanol–water partition coefficient (Wildman–Crippen LogP) is 1.71. The van der Waals surface area contributed by atoms with Gasteiger partial charge in [0.05, 0.1) is 0 Å². The number of rotatable bonds is 3. The molecule has 1 heterocycles. The first-order valence-electron chi connectivity index (χ1n) is 4.55. The highest BCUT2D eigenvalue weighted by Crippen LogP contribution is 2.23. The number of hydrogen-bond acceptors (Lipinski definition) is 4. The molecule has 0 spiro atoms. The minimum absolute atomic E-state index is 0.785. The zero-order chi connectivity index (χ0) is 10.4. The third-order valence-corrected chi connectivity index (χ3v) is 4.27. The first-order chi connectivity index (χ1) is 6.68. The van der Waals surface area contributed by atoms with Gasteiger partial charge < -0.3 is 5.11 Å². The molecular formula is C9H15NO2S2. The largest absolute Gasteiger partial charge is 0.478 e. The van der Waals surface area contributed by atoms with Crippen LogP contribution in [0.25, 0.3) is 0 Å². The van der Waals surface area contributed by atoms with Gasteiger partial charge in [-0.25, -0.2) is 4.79 Å². The first-order valence-corrected chi connectivity index (χ1v) is 7.04. The molecule has 5 heteroatoms. The lowest BCUT2D eigenvalue weighted by Crippen LogP contribution is -2.28. The number of carboxylic acids is 1. The summed E-state index contributed by atoms with van der Waals surface area (Å²) in [4.78, 5) is 12.7. The Balaban J connectivity index is 2.37. The average Bonchev–Trinajstić information content (AvgIpc) is 2.31. The van der Waals surface area contributed by atoms with Crippen molar-refractivity contribution in [2.75, 3.05) is 31.1 Å². The minimum atomic E-state index is -0.846. The molecule has 0 bridgehead atoms. The van der Waals surface area contributed by atoms with E-state index in [0.29, 0.717) is 0 Å². The topological polar surface area (TPSA) is 40.5 Å². The summed E-state index contributed by atoms with van der Waals surface area (Å²) in [5.41, 5.74) is 0.925. The molecule has 1 rings (SSSR count). The van der Waals surface area contributed by atoms with Gasteiger partial charge in [0.1, 0.15) is 0 Å². The molecule has 0 amide bonds. The van der Waals surface area contributed by atoms with E-state index < -0.39 is 5.97 Å². The van der Waals surface area contributed by atoms with Crippen molar-refractivity contribution in [3.8, 4) is 0 Å². The predicted molar refractivity (Wildman–Crippen MR) is 62.7 cm³/mol. The van der Waals surface area contributed by atoms with Crippen molar-refractivity contribution in [2.45, 2.75) is 6.92 Å². The van der Waals surface area contributed by atoms with Crippen molar-refractivity contribution >= 4 is 27.6 Å². The zero-order valence-electron chi connectivity index (χ0n) is 8.23. The van der Waals surface area contributed by atoms with Crippen molar-refractivity contribution < 1.29 is 9.90 Å². The van der Waals surface area contributed by atoms with Gasteiger partial charge in [-0.1, -0.05) is 27.2 Å². The van der Waals surface area contributed by atoms with E-state index in [2.05, 4.69) is 4.90 Å². The Morgan fingerprint density at radius 1 is 1.43 bits per heavy atom. The van der Waals surface area contributed by atoms with E-state index in [1.165, 1.54) is 6.08 Å². The molecule has 0 unspecified atom stereocenters. The highest BCUT2D eigenvalue weighted by molar-refractivity contribution is 8.76. The summed E-state index contributed by atoms with van der Waals surface area (Å²) in [6.45, 7) is 4.78. The van der Waals surface area contributed by atoms with Crippen LogP contribution in [-0.2, 0) is 4.79 Å². The summed E-state index contributed by atoms with van der Waals surface area (Å²) in [6.07, 6.45) is 1.30. The van der Waals surface area contributed by atoms with Crippen LogP contribution in [0, 0.1) is 0 Å². The van der Waals surface area contributed by atoms with E-state index in [-0.39, 0.29) is 0 Å². The molecule has 1 aliphatic heterocycles. The monoisotopic (exact) mass is 233 g/mol. The van der Waals surface area contributed by atoms with Crippen LogP contribution in [-0.4, -0.2) is 47.1 Å². The maximum Gasteiger partial charge on any atom is 0.328 e. The van der Waals surface area contributed by atoms with E-state index in [9.17, 15) is 4.79 Å². The van der Waals surface area contributed by atoms with Gasteiger partial charge in [-0.2, -0.15) is 0 Å². The standard InChI is InChI=1S/C9H15NO2S2/c1-8(6-9(11)12)7-10-2-4-13-14-5-3-10/h6H,2-5,7H2,1H3,(H,11,12)/b8-6+. The van der Waals surface area contributed by atoms with Gasteiger partial charge >= 0.3 is 5.97 Å². The van der Waals surface area contributed by atoms with Gasteiger partial charge in [-0.05, 0) is 6.92 Å². The molecule has 0 radical (unpaired) electrons. The molecule has 3 nitrogen and oxygen atoms in total. The van der Waals surface area contributed by atoms with E-state index in [0.717, 1.165) is 36.7 Å². The maximum absolute atomic E-state index is 10.4. The van der Waals surface area contributed by atoms with E-state index in [1.807, 2.05) is 28.5 Å². The second-order valence-electron chi connectivity index (χ2n) is 3.25. The van der Waals surface area contributed by atoms with Crippen molar-refractivity contribution in [2.24, 2.45) is 0 Å². The van der Waals surface area contributed by atoms with Crippen molar-refractivity contribution in [3.63, 3.8) is 0 Å². The molecule has 0 aromatic rings. The molecule has 14 heavy (non-hydrogen) atoms. The molecule has 1 fully saturated rings. The summed E-state index contributed by atoms with van der Waals surface area (Å²) in [7, 11) is 3.80. The van der Waals surface area contributed by atoms with E-state index >= 15 is 0 Å². The highest BCUT2D eigenvalue weighted by atomic mass is 33.1. The minimum Gasteiger partial charge on any atom is -0.478 e. The van der Waals surface area contributed by atoms with Crippen LogP contribution in [0.2, 0.25) is 0 Å². The number of carbonyl (C=O) groups is 1. The Kier molecular flexibility index (Phi) is 5.44. The SMILES string of the molecule is C/C(=C\C(=O)O)CN1CCSSCC1. The fraction of sp³-hybridized carbons (Fsp3) is 0.667. The molecule has 0 aromatic carbocycles. The van der Waals surface area contributed by atoms with Gasteiger partial charge in [0, 0.05) is 37.2 Å². The highest BCUT2D eigenvalue weighted by Gasteiger charge is 2.09. The van der Waals surface area contributed by atoms with Crippen molar-refractivity contribution in [3.05, 3.63) is 11.6 Å². The zero-order valence-corrected chi connectivity index (χ0v) is 9.87. The van der Waals surface area contributed by atoms with Crippen LogP contribution in [0.4, 0.5) is 0 Å². The Morgan fingerprint density at radius 2 is 2.00 bits per heavy atom. The van der Waals surface area contributed by atoms with Crippen LogP contribution in [0.15, 0.2) is 11.6 Å². The van der Waals surface area contributed by atoms with Gasteiger partial charge in [0.2, 0.25) is 0 Å². The lowest BCUT2D eigenvalue weighted by molar-refractivity contribution is -0.131. The Hall–Kier alpha value is -0.130. The Labute approximate surface area is 92.3 Å². The van der Waals surface area contributed by atoms with Crippen LogP contribution in [0.3, 0.4) is 0 Å². The molecule has 0 atom stereocenters. The summed E-state index contributed by atoms with van der Waals surface area (Å²) in [5, 5.41) is 8.57. The molecule has 0 saturated carbocycles. The van der Waals surface area contributed by atoms with Crippen molar-refractivity contribution in [1.82, 2.24) is 4.90 Å². The Bertz CT molecular complexity index is 223. The smallest absolute Gasteiger partial charge is 0.328 e. The van der Waals surface area contributed by atoms with Crippen molar-refractivity contribution in [1.29, 1.82) is 0 Å². The molecule has 1 saturated heterocycles. The normalized spacial score (nSPS) is 20.5. The van der Waals surface area contributed by atoms with E-state index in [4.69, 9.17) is 5.11 Å². The van der Waals surface area contributed by atoms with Crippen LogP contribution >= 0.6 is 21.6 Å². The molecule has 1 N–H and O–H groups in total. The number of nitrogens with zero attached hydrogens (tertiary/aromatic N) is 1. The molecular weight excluding hydrogens is 218 g/mol. The Morgan fingerprint density at radius 3 is 2.50 bits per heavy atom. The second-order valence-corrected chi connectivity index (χ2v) is 5.95. The van der Waals surface area contributed by atoms with Gasteiger partial charge in [-0.3, -0.25) is 4.90 Å². The third-order valence-electron chi connectivity index (χ3n) is 1.91. The average molecular weight is 233 g/mol. The summed E-state index contributed by atoms with van der Waals surface area (Å²) >= 11 is 0. The van der Waals surface area contributed by atoms with Crippen LogP contribution < -0.4 is 0 Å². The fourth-order valence-corrected chi connectivity index (χ4v) is 3.39. The number of hydrogen-bond donors (Lipinski definition) is 1. The third kappa shape index (κ3) is 4.93. The van der Waals surface area contributed by atoms with E-state index in [1.54, 1.807) is 0 Å². The van der Waals surface area contributed by atoms with Gasteiger partial charge in [0.25, 0.3) is 0 Å². The first kappa shape index (κ1) is 11.9. The second kappa shape index (κ2) is 6.37. The molecule has 0 aliphatic carbocycles. The van der Waals surface area contributed by atoms with Crippen LogP contribution in [0.1, 0.15) is 6.92 Å². The summed E-state index contributed by atoms with van der Waals surface area (Å²) in [5.74, 6) is 1.41. The summed E-state index contributed by atoms with van der Waals surface area (Å²) in [6, 6.07) is 0. The van der Waals surface area contributed by atoms with Gasteiger partial charge in [-0.15, -0.1) is 0 Å². The molecule has 1 aliphatic rings. The molecule has 80 valence electrons. The lowest BCUT2D eigenvalue weighted by atomic mass is 10.2.